The van der Waals surface area contributed by atoms with E-state index in [0.717, 1.165) is 32.5 Å². The maximum Gasteiger partial charge on any atom is 0.276 e. The van der Waals surface area contributed by atoms with Crippen molar-refractivity contribution in [2.75, 3.05) is 51.0 Å². The Morgan fingerprint density at radius 1 is 1.48 bits per heavy atom. The molecule has 2 rings (SSSR count). The monoisotopic (exact) mass is 293 g/mol. The molecule has 0 aromatic carbocycles. The van der Waals surface area contributed by atoms with E-state index in [4.69, 9.17) is 0 Å². The van der Waals surface area contributed by atoms with Crippen LogP contribution in [0, 0.1) is 16.0 Å². The van der Waals surface area contributed by atoms with Gasteiger partial charge in [-0.3, -0.25) is 10.1 Å². The van der Waals surface area contributed by atoms with E-state index in [0.29, 0.717) is 17.6 Å². The lowest BCUT2D eigenvalue weighted by molar-refractivity contribution is -0.384. The first-order valence-electron chi connectivity index (χ1n) is 7.23. The molecule has 0 unspecified atom stereocenters. The molecule has 0 saturated carbocycles. The molecular formula is C14H23N5O2. The highest BCUT2D eigenvalue weighted by Gasteiger charge is 2.20. The molecule has 0 aliphatic carbocycles. The van der Waals surface area contributed by atoms with E-state index in [1.165, 1.54) is 12.1 Å². The molecular weight excluding hydrogens is 270 g/mol. The van der Waals surface area contributed by atoms with E-state index in [1.807, 2.05) is 11.9 Å². The van der Waals surface area contributed by atoms with E-state index in [1.54, 1.807) is 7.05 Å². The highest BCUT2D eigenvalue weighted by atomic mass is 16.6. The van der Waals surface area contributed by atoms with Gasteiger partial charge >= 0.3 is 0 Å². The fourth-order valence-corrected chi connectivity index (χ4v) is 2.66. The molecule has 1 aliphatic heterocycles. The Labute approximate surface area is 125 Å². The molecule has 0 atom stereocenters. The average molecular weight is 293 g/mol. The van der Waals surface area contributed by atoms with E-state index in [2.05, 4.69) is 22.2 Å². The molecule has 0 amide bonds. The smallest absolute Gasteiger partial charge is 0.276 e. The molecule has 21 heavy (non-hydrogen) atoms. The molecule has 1 aliphatic rings. The molecule has 2 heterocycles. The Kier molecular flexibility index (Phi) is 4.95. The van der Waals surface area contributed by atoms with Crippen molar-refractivity contribution in [3.05, 3.63) is 22.2 Å². The van der Waals surface area contributed by atoms with Gasteiger partial charge in [-0.25, -0.2) is 4.98 Å². The van der Waals surface area contributed by atoms with Crippen molar-refractivity contribution in [1.29, 1.82) is 0 Å². The van der Waals surface area contributed by atoms with Crippen molar-refractivity contribution in [1.82, 2.24) is 9.88 Å². The van der Waals surface area contributed by atoms with Crippen LogP contribution in [0.1, 0.15) is 12.8 Å². The predicted molar refractivity (Wildman–Crippen MR) is 83.9 cm³/mol. The van der Waals surface area contributed by atoms with E-state index in [9.17, 15) is 10.1 Å². The molecule has 1 aromatic rings. The topological polar surface area (TPSA) is 74.5 Å². The zero-order chi connectivity index (χ0) is 15.4. The SMILES string of the molecule is CNc1cc([N+](=O)[O-])cc(N(C)CC2CCN(C)CC2)n1. The second-order valence-electron chi connectivity index (χ2n) is 5.70. The second kappa shape index (κ2) is 6.71. The number of hydrogen-bond acceptors (Lipinski definition) is 6. The van der Waals surface area contributed by atoms with Crippen LogP contribution in [0.3, 0.4) is 0 Å². The number of anilines is 2. The summed E-state index contributed by atoms with van der Waals surface area (Å²) >= 11 is 0. The quantitative estimate of drug-likeness (QED) is 0.659. The van der Waals surface area contributed by atoms with Crippen LogP contribution in [0.4, 0.5) is 17.3 Å². The van der Waals surface area contributed by atoms with Crippen LogP contribution in [0.5, 0.6) is 0 Å². The number of nitro groups is 1. The summed E-state index contributed by atoms with van der Waals surface area (Å²) in [6, 6.07) is 2.99. The third-order valence-electron chi connectivity index (χ3n) is 4.02. The lowest BCUT2D eigenvalue weighted by Gasteiger charge is -2.32. The van der Waals surface area contributed by atoms with Crippen LogP contribution in [0.25, 0.3) is 0 Å². The summed E-state index contributed by atoms with van der Waals surface area (Å²) in [5, 5.41) is 13.9. The zero-order valence-electron chi connectivity index (χ0n) is 12.9. The van der Waals surface area contributed by atoms with Gasteiger partial charge in [-0.2, -0.15) is 0 Å². The third-order valence-corrected chi connectivity index (χ3v) is 4.02. The van der Waals surface area contributed by atoms with Crippen molar-refractivity contribution in [3.63, 3.8) is 0 Å². The van der Waals surface area contributed by atoms with Gasteiger partial charge in [-0.15, -0.1) is 0 Å². The Bertz CT molecular complexity index is 500. The number of aromatic nitrogens is 1. The van der Waals surface area contributed by atoms with Gasteiger partial charge in [0.15, 0.2) is 0 Å². The van der Waals surface area contributed by atoms with E-state index in [-0.39, 0.29) is 10.6 Å². The van der Waals surface area contributed by atoms with Crippen molar-refractivity contribution in [3.8, 4) is 0 Å². The fourth-order valence-electron chi connectivity index (χ4n) is 2.66. The first-order chi connectivity index (χ1) is 9.99. The van der Waals surface area contributed by atoms with Crippen molar-refractivity contribution in [2.24, 2.45) is 5.92 Å². The van der Waals surface area contributed by atoms with Gasteiger partial charge in [0.2, 0.25) is 0 Å². The molecule has 1 N–H and O–H groups in total. The summed E-state index contributed by atoms with van der Waals surface area (Å²) < 4.78 is 0. The fraction of sp³-hybridized carbons (Fsp3) is 0.643. The molecule has 0 radical (unpaired) electrons. The highest BCUT2D eigenvalue weighted by molar-refractivity contribution is 5.55. The minimum Gasteiger partial charge on any atom is -0.373 e. The average Bonchev–Trinajstić information content (AvgIpc) is 2.49. The van der Waals surface area contributed by atoms with Crippen molar-refractivity contribution < 1.29 is 4.92 Å². The van der Waals surface area contributed by atoms with Crippen LogP contribution < -0.4 is 10.2 Å². The highest BCUT2D eigenvalue weighted by Crippen LogP contribution is 2.24. The number of hydrogen-bond donors (Lipinski definition) is 1. The lowest BCUT2D eigenvalue weighted by atomic mass is 9.97. The Morgan fingerprint density at radius 2 is 2.14 bits per heavy atom. The van der Waals surface area contributed by atoms with Gasteiger partial charge in [0.25, 0.3) is 5.69 Å². The number of nitrogens with one attached hydrogen (secondary N) is 1. The van der Waals surface area contributed by atoms with Gasteiger partial charge in [0.05, 0.1) is 17.1 Å². The summed E-state index contributed by atoms with van der Waals surface area (Å²) in [5.41, 5.74) is 0.0691. The van der Waals surface area contributed by atoms with Crippen LogP contribution in [-0.2, 0) is 0 Å². The summed E-state index contributed by atoms with van der Waals surface area (Å²) in [6.07, 6.45) is 2.32. The molecule has 0 spiro atoms. The van der Waals surface area contributed by atoms with Crippen LogP contribution in [0.15, 0.2) is 12.1 Å². The number of rotatable bonds is 5. The number of nitrogens with zero attached hydrogens (tertiary/aromatic N) is 4. The molecule has 1 saturated heterocycles. The second-order valence-corrected chi connectivity index (χ2v) is 5.70. The number of pyridine rings is 1. The van der Waals surface area contributed by atoms with Gasteiger partial charge in [0.1, 0.15) is 11.6 Å². The first kappa shape index (κ1) is 15.5. The maximum atomic E-state index is 11.0. The van der Waals surface area contributed by atoms with Gasteiger partial charge in [-0.1, -0.05) is 0 Å². The van der Waals surface area contributed by atoms with Gasteiger partial charge in [0, 0.05) is 20.6 Å². The van der Waals surface area contributed by atoms with Crippen molar-refractivity contribution >= 4 is 17.3 Å². The summed E-state index contributed by atoms with van der Waals surface area (Å²) in [5.74, 6) is 1.78. The first-order valence-corrected chi connectivity index (χ1v) is 7.23. The minimum atomic E-state index is -0.380. The van der Waals surface area contributed by atoms with Crippen LogP contribution >= 0.6 is 0 Å². The van der Waals surface area contributed by atoms with Crippen molar-refractivity contribution in [2.45, 2.75) is 12.8 Å². The third kappa shape index (κ3) is 4.04. The number of likely N-dealkylation sites (tertiary alicyclic amines) is 1. The molecule has 7 nitrogen and oxygen atoms in total. The number of piperidine rings is 1. The standard InChI is InChI=1S/C14H23N5O2/c1-15-13-8-12(19(20)21)9-14(16-13)18(3)10-11-4-6-17(2)7-5-11/h8-9,11H,4-7,10H2,1-3H3,(H,15,16). The van der Waals surface area contributed by atoms with E-state index >= 15 is 0 Å². The Balaban J connectivity index is 2.09. The normalized spacial score (nSPS) is 16.7. The molecule has 7 heteroatoms. The summed E-state index contributed by atoms with van der Waals surface area (Å²) in [4.78, 5) is 19.4. The van der Waals surface area contributed by atoms with E-state index < -0.39 is 0 Å². The molecule has 0 bridgehead atoms. The zero-order valence-corrected chi connectivity index (χ0v) is 12.9. The largest absolute Gasteiger partial charge is 0.373 e. The molecule has 1 fully saturated rings. The van der Waals surface area contributed by atoms with Crippen LogP contribution in [0.2, 0.25) is 0 Å². The predicted octanol–water partition coefficient (Wildman–Crippen LogP) is 1.81. The maximum absolute atomic E-state index is 11.0. The van der Waals surface area contributed by atoms with Crippen LogP contribution in [-0.4, -0.2) is 55.6 Å². The Hall–Kier alpha value is -1.89. The lowest BCUT2D eigenvalue weighted by Crippen LogP contribution is -2.36. The summed E-state index contributed by atoms with van der Waals surface area (Å²) in [7, 11) is 5.80. The summed E-state index contributed by atoms with van der Waals surface area (Å²) in [6.45, 7) is 3.11. The molecule has 116 valence electrons. The minimum absolute atomic E-state index is 0.0691. The van der Waals surface area contributed by atoms with Gasteiger partial charge in [-0.05, 0) is 38.9 Å². The molecule has 1 aromatic heterocycles. The van der Waals surface area contributed by atoms with Gasteiger partial charge < -0.3 is 15.1 Å². The Morgan fingerprint density at radius 3 is 2.71 bits per heavy atom.